The average molecular weight is 489 g/mol. The van der Waals surface area contributed by atoms with Crippen LogP contribution in [-0.2, 0) is 41.6 Å². The molecule has 2 heterocycles. The monoisotopic (exact) mass is 488 g/mol. The molecule has 0 bridgehead atoms. The topological polar surface area (TPSA) is 55.4 Å². The molecule has 0 aromatic heterocycles. The fourth-order valence-corrected chi connectivity index (χ4v) is 4.52. The lowest BCUT2D eigenvalue weighted by Gasteiger charge is -2.48. The minimum absolute atomic E-state index is 0.326. The number of fused-ring (bicyclic) bond motifs is 1. The fraction of sp³-hybridized carbons (Fsp3) is 0.333. The highest BCUT2D eigenvalue weighted by molar-refractivity contribution is 5.17. The Morgan fingerprint density at radius 2 is 1.31 bits per heavy atom. The summed E-state index contributed by atoms with van der Waals surface area (Å²) < 4.78 is 37.9. The lowest BCUT2D eigenvalue weighted by molar-refractivity contribution is -0.371. The number of rotatable bonds is 10. The van der Waals surface area contributed by atoms with Crippen LogP contribution in [0.2, 0.25) is 0 Å². The fourth-order valence-electron chi connectivity index (χ4n) is 4.52. The van der Waals surface area contributed by atoms with E-state index in [2.05, 4.69) is 6.58 Å². The molecule has 5 rings (SSSR count). The number of benzene rings is 3. The average Bonchev–Trinajstić information content (AvgIpc) is 2.95. The SMILES string of the molecule is C=CCOC1O[C@@H]2COC(c3ccccc3)O[C@H]2[C@H](OCc2ccccc2)[C@H]1OCc1ccccc1. The van der Waals surface area contributed by atoms with Gasteiger partial charge in [0.15, 0.2) is 12.6 Å². The highest BCUT2D eigenvalue weighted by Gasteiger charge is 2.51. The standard InChI is InChI=1S/C30H32O6/c1-2-18-31-30-28(33-20-23-14-8-4-9-15-23)27(32-19-22-12-6-3-7-13-22)26-25(35-30)21-34-29(36-26)24-16-10-5-11-17-24/h2-17,25-30H,1,18-21H2/t25-,26-,27+,28-,29?,30?/m1/s1. The molecule has 36 heavy (non-hydrogen) atoms. The maximum absolute atomic E-state index is 6.54. The summed E-state index contributed by atoms with van der Waals surface area (Å²) in [6.45, 7) is 5.27. The van der Waals surface area contributed by atoms with Gasteiger partial charge in [-0.3, -0.25) is 0 Å². The second-order valence-electron chi connectivity index (χ2n) is 8.86. The van der Waals surface area contributed by atoms with Gasteiger partial charge in [-0.05, 0) is 11.1 Å². The largest absolute Gasteiger partial charge is 0.368 e. The van der Waals surface area contributed by atoms with Crippen molar-refractivity contribution in [2.45, 2.75) is 50.2 Å². The summed E-state index contributed by atoms with van der Waals surface area (Å²) in [5.41, 5.74) is 3.07. The molecule has 2 unspecified atom stereocenters. The van der Waals surface area contributed by atoms with Crippen molar-refractivity contribution in [2.75, 3.05) is 13.2 Å². The summed E-state index contributed by atoms with van der Waals surface area (Å²) in [5, 5.41) is 0. The van der Waals surface area contributed by atoms with E-state index >= 15 is 0 Å². The molecular weight excluding hydrogens is 456 g/mol. The highest BCUT2D eigenvalue weighted by atomic mass is 16.8. The highest BCUT2D eigenvalue weighted by Crippen LogP contribution is 2.37. The van der Waals surface area contributed by atoms with Crippen LogP contribution in [0.4, 0.5) is 0 Å². The zero-order valence-corrected chi connectivity index (χ0v) is 20.2. The molecule has 0 spiro atoms. The zero-order valence-electron chi connectivity index (χ0n) is 20.2. The van der Waals surface area contributed by atoms with Crippen LogP contribution in [-0.4, -0.2) is 43.9 Å². The summed E-state index contributed by atoms with van der Waals surface area (Å²) in [5.74, 6) is 0. The molecule has 2 fully saturated rings. The smallest absolute Gasteiger partial charge is 0.187 e. The minimum Gasteiger partial charge on any atom is -0.368 e. The van der Waals surface area contributed by atoms with Crippen molar-refractivity contribution in [3.05, 3.63) is 120 Å². The third kappa shape index (κ3) is 6.10. The zero-order chi connectivity index (χ0) is 24.6. The van der Waals surface area contributed by atoms with Crippen LogP contribution in [0.5, 0.6) is 0 Å². The van der Waals surface area contributed by atoms with E-state index in [-0.39, 0.29) is 6.10 Å². The van der Waals surface area contributed by atoms with Gasteiger partial charge in [0.1, 0.15) is 24.4 Å². The van der Waals surface area contributed by atoms with E-state index in [4.69, 9.17) is 28.4 Å². The van der Waals surface area contributed by atoms with Gasteiger partial charge in [0, 0.05) is 5.56 Å². The van der Waals surface area contributed by atoms with Gasteiger partial charge >= 0.3 is 0 Å². The van der Waals surface area contributed by atoms with Gasteiger partial charge in [0.05, 0.1) is 26.4 Å². The predicted octanol–water partition coefficient (Wildman–Crippen LogP) is 5.20. The number of hydrogen-bond acceptors (Lipinski definition) is 6. The summed E-state index contributed by atoms with van der Waals surface area (Å²) >= 11 is 0. The van der Waals surface area contributed by atoms with Gasteiger partial charge in [0.25, 0.3) is 0 Å². The Kier molecular flexibility index (Phi) is 8.56. The van der Waals surface area contributed by atoms with Gasteiger partial charge in [-0.2, -0.15) is 0 Å². The van der Waals surface area contributed by atoms with Crippen LogP contribution in [0.3, 0.4) is 0 Å². The summed E-state index contributed by atoms with van der Waals surface area (Å²) in [7, 11) is 0. The molecule has 3 aromatic rings. The van der Waals surface area contributed by atoms with Gasteiger partial charge in [-0.1, -0.05) is 97.1 Å². The van der Waals surface area contributed by atoms with Gasteiger partial charge in [-0.15, -0.1) is 6.58 Å². The van der Waals surface area contributed by atoms with Crippen LogP contribution in [0, 0.1) is 0 Å². The van der Waals surface area contributed by atoms with Crippen LogP contribution < -0.4 is 0 Å². The van der Waals surface area contributed by atoms with Crippen LogP contribution >= 0.6 is 0 Å². The van der Waals surface area contributed by atoms with Crippen molar-refractivity contribution in [3.8, 4) is 0 Å². The Hall–Kier alpha value is -2.84. The van der Waals surface area contributed by atoms with Crippen molar-refractivity contribution >= 4 is 0 Å². The van der Waals surface area contributed by atoms with Crippen LogP contribution in [0.25, 0.3) is 0 Å². The summed E-state index contributed by atoms with van der Waals surface area (Å²) in [6.07, 6.45) is -1.21. The third-order valence-electron chi connectivity index (χ3n) is 6.30. The molecule has 0 amide bonds. The lowest BCUT2D eigenvalue weighted by Crippen LogP contribution is -2.63. The van der Waals surface area contributed by atoms with E-state index in [1.165, 1.54) is 0 Å². The first-order chi connectivity index (χ1) is 17.8. The van der Waals surface area contributed by atoms with Gasteiger partial charge in [0.2, 0.25) is 0 Å². The number of ether oxygens (including phenoxy) is 6. The molecule has 6 heteroatoms. The molecule has 2 aliphatic heterocycles. The van der Waals surface area contributed by atoms with Crippen LogP contribution in [0.1, 0.15) is 23.0 Å². The van der Waals surface area contributed by atoms with Crippen molar-refractivity contribution in [2.24, 2.45) is 0 Å². The molecule has 188 valence electrons. The first kappa shape index (κ1) is 24.8. The molecule has 0 radical (unpaired) electrons. The van der Waals surface area contributed by atoms with Crippen molar-refractivity contribution in [1.29, 1.82) is 0 Å². The molecule has 6 nitrogen and oxygen atoms in total. The van der Waals surface area contributed by atoms with E-state index in [0.29, 0.717) is 26.4 Å². The maximum Gasteiger partial charge on any atom is 0.187 e. The summed E-state index contributed by atoms with van der Waals surface area (Å²) in [6, 6.07) is 30.0. The minimum atomic E-state index is -0.658. The van der Waals surface area contributed by atoms with E-state index in [1.807, 2.05) is 91.0 Å². The summed E-state index contributed by atoms with van der Waals surface area (Å²) in [4.78, 5) is 0. The van der Waals surface area contributed by atoms with Crippen molar-refractivity contribution < 1.29 is 28.4 Å². The molecule has 0 aliphatic carbocycles. The Balaban J connectivity index is 1.40. The van der Waals surface area contributed by atoms with Crippen molar-refractivity contribution in [3.63, 3.8) is 0 Å². The predicted molar refractivity (Wildman–Crippen MR) is 135 cm³/mol. The van der Waals surface area contributed by atoms with E-state index < -0.39 is 30.9 Å². The Bertz CT molecular complexity index is 1060. The Morgan fingerprint density at radius 3 is 1.92 bits per heavy atom. The Labute approximate surface area is 212 Å². The molecule has 0 saturated carbocycles. The van der Waals surface area contributed by atoms with Crippen LogP contribution in [0.15, 0.2) is 104 Å². The van der Waals surface area contributed by atoms with Gasteiger partial charge < -0.3 is 28.4 Å². The van der Waals surface area contributed by atoms with E-state index in [0.717, 1.165) is 16.7 Å². The Morgan fingerprint density at radius 1 is 0.722 bits per heavy atom. The van der Waals surface area contributed by atoms with Crippen molar-refractivity contribution in [1.82, 2.24) is 0 Å². The van der Waals surface area contributed by atoms with E-state index in [1.54, 1.807) is 6.08 Å². The molecule has 6 atom stereocenters. The molecular formula is C30H32O6. The lowest BCUT2D eigenvalue weighted by atomic mass is 9.97. The second-order valence-corrected chi connectivity index (χ2v) is 8.86. The normalized spacial score (nSPS) is 27.8. The second kappa shape index (κ2) is 12.4. The maximum atomic E-state index is 6.54. The molecule has 0 N–H and O–H groups in total. The first-order valence-electron chi connectivity index (χ1n) is 12.3. The quantitative estimate of drug-likeness (QED) is 0.366. The first-order valence-corrected chi connectivity index (χ1v) is 12.3. The number of hydrogen-bond donors (Lipinski definition) is 0. The molecule has 2 saturated heterocycles. The van der Waals surface area contributed by atoms with E-state index in [9.17, 15) is 0 Å². The molecule has 2 aliphatic rings. The third-order valence-corrected chi connectivity index (χ3v) is 6.30. The molecule has 3 aromatic carbocycles. The van der Waals surface area contributed by atoms with Gasteiger partial charge in [-0.25, -0.2) is 0 Å².